The van der Waals surface area contributed by atoms with E-state index in [0.717, 1.165) is 12.8 Å². The molecule has 0 aromatic carbocycles. The topological polar surface area (TPSA) is 127 Å². The fourth-order valence-corrected chi connectivity index (χ4v) is 2.64. The maximum Gasteiger partial charge on any atom is 0.317 e. The minimum atomic E-state index is -1.09. The van der Waals surface area contributed by atoms with Gasteiger partial charge >= 0.3 is 17.9 Å². The van der Waals surface area contributed by atoms with Gasteiger partial charge in [0.2, 0.25) is 0 Å². The Bertz CT molecular complexity index is 357. The fraction of sp³-hybridized carbons (Fsp3) is 0.750. The number of nitrogens with one attached hydrogen (secondary N) is 1. The third kappa shape index (κ3) is 5.54. The van der Waals surface area contributed by atoms with Gasteiger partial charge in [0.15, 0.2) is 0 Å². The number of hydrogen-bond donors (Lipinski definition) is 4. The Morgan fingerprint density at radius 3 is 2.00 bits per heavy atom. The van der Waals surface area contributed by atoms with Crippen LogP contribution < -0.4 is 5.32 Å². The van der Waals surface area contributed by atoms with Crippen molar-refractivity contribution in [2.75, 3.05) is 19.6 Å². The first-order chi connectivity index (χ1) is 9.40. The van der Waals surface area contributed by atoms with E-state index in [1.165, 1.54) is 4.90 Å². The smallest absolute Gasteiger partial charge is 0.317 e. The molecule has 1 rings (SSSR count). The van der Waals surface area contributed by atoms with Gasteiger partial charge in [0.05, 0.1) is 19.6 Å². The summed E-state index contributed by atoms with van der Waals surface area (Å²) in [7, 11) is 0. The lowest BCUT2D eigenvalue weighted by molar-refractivity contribution is -0.144. The molecule has 0 heterocycles. The SMILES string of the molecule is O=C(O)CN[C@H]1CCCC[C@@H]1N(CC(=O)O)CC(=O)O. The highest BCUT2D eigenvalue weighted by atomic mass is 16.4. The van der Waals surface area contributed by atoms with Crippen molar-refractivity contribution in [3.63, 3.8) is 0 Å². The molecule has 8 nitrogen and oxygen atoms in total. The van der Waals surface area contributed by atoms with Crippen molar-refractivity contribution in [2.24, 2.45) is 0 Å². The van der Waals surface area contributed by atoms with Crippen molar-refractivity contribution in [3.05, 3.63) is 0 Å². The molecule has 114 valence electrons. The summed E-state index contributed by atoms with van der Waals surface area (Å²) in [4.78, 5) is 33.7. The number of carbonyl (C=O) groups is 3. The van der Waals surface area contributed by atoms with E-state index < -0.39 is 17.9 Å². The quantitative estimate of drug-likeness (QED) is 0.468. The van der Waals surface area contributed by atoms with Gasteiger partial charge in [-0.25, -0.2) is 0 Å². The summed E-state index contributed by atoms with van der Waals surface area (Å²) in [6.45, 7) is -0.931. The van der Waals surface area contributed by atoms with E-state index in [1.54, 1.807) is 0 Å². The molecule has 1 saturated carbocycles. The van der Waals surface area contributed by atoms with Gasteiger partial charge in [-0.3, -0.25) is 19.3 Å². The van der Waals surface area contributed by atoms with Gasteiger partial charge in [0, 0.05) is 12.1 Å². The van der Waals surface area contributed by atoms with Crippen molar-refractivity contribution in [1.82, 2.24) is 10.2 Å². The summed E-state index contributed by atoms with van der Waals surface area (Å²) in [5.41, 5.74) is 0. The number of aliphatic carboxylic acids is 3. The average Bonchev–Trinajstić information content (AvgIpc) is 2.34. The predicted molar refractivity (Wildman–Crippen MR) is 68.5 cm³/mol. The maximum atomic E-state index is 10.9. The lowest BCUT2D eigenvalue weighted by Crippen LogP contribution is -2.55. The monoisotopic (exact) mass is 288 g/mol. The van der Waals surface area contributed by atoms with Gasteiger partial charge in [-0.1, -0.05) is 12.8 Å². The van der Waals surface area contributed by atoms with E-state index >= 15 is 0 Å². The van der Waals surface area contributed by atoms with Crippen molar-refractivity contribution >= 4 is 17.9 Å². The Labute approximate surface area is 116 Å². The minimum absolute atomic E-state index is 0.196. The van der Waals surface area contributed by atoms with E-state index in [-0.39, 0.29) is 31.7 Å². The van der Waals surface area contributed by atoms with Crippen LogP contribution in [0.2, 0.25) is 0 Å². The van der Waals surface area contributed by atoms with Gasteiger partial charge in [0.25, 0.3) is 0 Å². The van der Waals surface area contributed by atoms with E-state index in [0.29, 0.717) is 12.8 Å². The molecule has 0 aliphatic heterocycles. The van der Waals surface area contributed by atoms with E-state index in [9.17, 15) is 14.4 Å². The zero-order valence-corrected chi connectivity index (χ0v) is 11.1. The second-order valence-corrected chi connectivity index (χ2v) is 4.93. The summed E-state index contributed by atoms with van der Waals surface area (Å²) >= 11 is 0. The van der Waals surface area contributed by atoms with Crippen LogP contribution in [0, 0.1) is 0 Å². The predicted octanol–water partition coefficient (Wildman–Crippen LogP) is -0.557. The maximum absolute atomic E-state index is 10.9. The van der Waals surface area contributed by atoms with Gasteiger partial charge in [-0.05, 0) is 12.8 Å². The normalized spacial score (nSPS) is 22.6. The van der Waals surface area contributed by atoms with Gasteiger partial charge < -0.3 is 20.6 Å². The summed E-state index contributed by atoms with van der Waals surface area (Å²) in [5, 5.41) is 29.3. The summed E-state index contributed by atoms with van der Waals surface area (Å²) in [6.07, 6.45) is 3.18. The molecule has 2 atom stereocenters. The standard InChI is InChI=1S/C12H20N2O6/c15-10(16)5-13-8-3-1-2-4-9(8)14(6-11(17)18)7-12(19)20/h8-9,13H,1-7H2,(H,15,16)(H,17,18)(H,19,20)/t8-,9-/m0/s1. The summed E-state index contributed by atoms with van der Waals surface area (Å²) in [5.74, 6) is -3.17. The van der Waals surface area contributed by atoms with Crippen molar-refractivity contribution in [1.29, 1.82) is 0 Å². The molecule has 1 fully saturated rings. The molecule has 0 aromatic heterocycles. The molecular formula is C12H20N2O6. The highest BCUT2D eigenvalue weighted by molar-refractivity contribution is 5.72. The minimum Gasteiger partial charge on any atom is -0.480 e. The molecule has 0 spiro atoms. The highest BCUT2D eigenvalue weighted by Gasteiger charge is 2.32. The largest absolute Gasteiger partial charge is 0.480 e. The Hall–Kier alpha value is -1.67. The molecule has 0 amide bonds. The van der Waals surface area contributed by atoms with Gasteiger partial charge in [-0.15, -0.1) is 0 Å². The van der Waals surface area contributed by atoms with Gasteiger partial charge in [0.1, 0.15) is 0 Å². The first-order valence-electron chi connectivity index (χ1n) is 6.53. The molecule has 0 unspecified atom stereocenters. The molecule has 4 N–H and O–H groups in total. The van der Waals surface area contributed by atoms with Crippen LogP contribution in [0.5, 0.6) is 0 Å². The van der Waals surface area contributed by atoms with Crippen LogP contribution in [0.4, 0.5) is 0 Å². The molecule has 8 heteroatoms. The first-order valence-corrected chi connectivity index (χ1v) is 6.53. The molecular weight excluding hydrogens is 268 g/mol. The highest BCUT2D eigenvalue weighted by Crippen LogP contribution is 2.23. The Morgan fingerprint density at radius 2 is 1.50 bits per heavy atom. The van der Waals surface area contributed by atoms with Crippen LogP contribution in [0.3, 0.4) is 0 Å². The lowest BCUT2D eigenvalue weighted by Gasteiger charge is -2.38. The van der Waals surface area contributed by atoms with E-state index in [2.05, 4.69) is 5.32 Å². The number of hydrogen-bond acceptors (Lipinski definition) is 5. The van der Waals surface area contributed by atoms with Gasteiger partial charge in [-0.2, -0.15) is 0 Å². The number of carboxylic acid groups (broad SMARTS) is 3. The first kappa shape index (κ1) is 16.4. The van der Waals surface area contributed by atoms with E-state index in [4.69, 9.17) is 15.3 Å². The molecule has 20 heavy (non-hydrogen) atoms. The zero-order valence-electron chi connectivity index (χ0n) is 11.1. The second kappa shape index (κ2) is 7.81. The number of rotatable bonds is 8. The number of nitrogens with zero attached hydrogens (tertiary/aromatic N) is 1. The average molecular weight is 288 g/mol. The van der Waals surface area contributed by atoms with Crippen molar-refractivity contribution in [3.8, 4) is 0 Å². The molecule has 0 saturated heterocycles. The Balaban J connectivity index is 2.73. The van der Waals surface area contributed by atoms with Crippen LogP contribution in [-0.2, 0) is 14.4 Å². The zero-order chi connectivity index (χ0) is 15.1. The molecule has 0 bridgehead atoms. The lowest BCUT2D eigenvalue weighted by atomic mass is 9.89. The third-order valence-electron chi connectivity index (χ3n) is 3.39. The third-order valence-corrected chi connectivity index (χ3v) is 3.39. The Morgan fingerprint density at radius 1 is 0.950 bits per heavy atom. The molecule has 1 aliphatic carbocycles. The van der Waals surface area contributed by atoms with Crippen molar-refractivity contribution < 1.29 is 29.7 Å². The molecule has 1 aliphatic rings. The second-order valence-electron chi connectivity index (χ2n) is 4.93. The fourth-order valence-electron chi connectivity index (χ4n) is 2.64. The molecule has 0 aromatic rings. The van der Waals surface area contributed by atoms with Crippen LogP contribution in [0.1, 0.15) is 25.7 Å². The summed E-state index contributed by atoms with van der Waals surface area (Å²) < 4.78 is 0. The van der Waals surface area contributed by atoms with Crippen LogP contribution in [0.15, 0.2) is 0 Å². The van der Waals surface area contributed by atoms with Crippen LogP contribution >= 0.6 is 0 Å². The Kier molecular flexibility index (Phi) is 6.40. The van der Waals surface area contributed by atoms with E-state index in [1.807, 2.05) is 0 Å². The number of carboxylic acids is 3. The summed E-state index contributed by atoms with van der Waals surface area (Å²) in [6, 6.07) is -0.464. The van der Waals surface area contributed by atoms with Crippen molar-refractivity contribution in [2.45, 2.75) is 37.8 Å². The van der Waals surface area contributed by atoms with Crippen LogP contribution in [-0.4, -0.2) is 69.8 Å². The molecule has 0 radical (unpaired) electrons. The van der Waals surface area contributed by atoms with Crippen LogP contribution in [0.25, 0.3) is 0 Å².